The third-order valence-electron chi connectivity index (χ3n) is 7.62. The van der Waals surface area contributed by atoms with Crippen molar-refractivity contribution in [1.29, 1.82) is 0 Å². The molecule has 1 aromatic rings. The van der Waals surface area contributed by atoms with Crippen LogP contribution in [0.2, 0.25) is 0 Å². The topological polar surface area (TPSA) is 29.0 Å². The number of benzene rings is 1. The highest BCUT2D eigenvalue weighted by molar-refractivity contribution is 5.63. The Labute approximate surface area is 126 Å². The maximum absolute atomic E-state index is 6.15. The number of rotatable bonds is 2. The number of anilines is 1. The van der Waals surface area contributed by atoms with E-state index in [-0.39, 0.29) is 0 Å². The predicted molar refractivity (Wildman–Crippen MR) is 84.1 cm³/mol. The van der Waals surface area contributed by atoms with Crippen LogP contribution in [0.1, 0.15) is 49.7 Å². The zero-order valence-electron chi connectivity index (χ0n) is 12.6. The smallest absolute Gasteiger partial charge is 0.0511 e. The van der Waals surface area contributed by atoms with Crippen LogP contribution in [0.4, 0.5) is 5.69 Å². The van der Waals surface area contributed by atoms with E-state index < -0.39 is 0 Å². The number of fused-ring (bicyclic) bond motifs is 2. The molecule has 21 heavy (non-hydrogen) atoms. The summed E-state index contributed by atoms with van der Waals surface area (Å²) in [5.74, 6) is 1.96. The molecule has 4 fully saturated rings. The fourth-order valence-corrected chi connectivity index (χ4v) is 6.79. The van der Waals surface area contributed by atoms with E-state index >= 15 is 0 Å². The van der Waals surface area contributed by atoms with Crippen molar-refractivity contribution in [2.24, 2.45) is 11.8 Å². The van der Waals surface area contributed by atoms with Crippen LogP contribution < -0.4 is 5.73 Å². The SMILES string of the molecule is Nc1ccc2c(c1)C13CCCC[C@H]1[C@@H]1N(CC4CC4)C13C2. The van der Waals surface area contributed by atoms with Crippen molar-refractivity contribution >= 4 is 5.69 Å². The van der Waals surface area contributed by atoms with Crippen LogP contribution in [-0.2, 0) is 11.8 Å². The van der Waals surface area contributed by atoms with Gasteiger partial charge in [-0.05, 0) is 67.2 Å². The fourth-order valence-electron chi connectivity index (χ4n) is 6.79. The van der Waals surface area contributed by atoms with Gasteiger partial charge in [0.15, 0.2) is 0 Å². The van der Waals surface area contributed by atoms with Gasteiger partial charge in [-0.15, -0.1) is 0 Å². The summed E-state index contributed by atoms with van der Waals surface area (Å²) in [5.41, 5.74) is 11.4. The average molecular weight is 280 g/mol. The summed E-state index contributed by atoms with van der Waals surface area (Å²) in [4.78, 5) is 2.94. The molecule has 2 nitrogen and oxygen atoms in total. The van der Waals surface area contributed by atoms with Gasteiger partial charge < -0.3 is 5.73 Å². The molecule has 1 aliphatic heterocycles. The van der Waals surface area contributed by atoms with E-state index in [9.17, 15) is 0 Å². The van der Waals surface area contributed by atoms with Crippen LogP contribution in [0.15, 0.2) is 18.2 Å². The molecule has 2 N–H and O–H groups in total. The van der Waals surface area contributed by atoms with Crippen LogP contribution in [0.5, 0.6) is 0 Å². The van der Waals surface area contributed by atoms with E-state index in [2.05, 4.69) is 23.1 Å². The van der Waals surface area contributed by atoms with Gasteiger partial charge in [0.25, 0.3) is 0 Å². The Balaban J connectivity index is 1.50. The Morgan fingerprint density at radius 3 is 2.95 bits per heavy atom. The highest BCUT2D eigenvalue weighted by Gasteiger charge is 2.88. The molecule has 110 valence electrons. The molecule has 1 heterocycles. The Bertz CT molecular complexity index is 649. The van der Waals surface area contributed by atoms with Crippen molar-refractivity contribution in [2.75, 3.05) is 12.3 Å². The molecule has 5 aliphatic rings. The highest BCUT2D eigenvalue weighted by atomic mass is 15.5. The summed E-state index contributed by atoms with van der Waals surface area (Å²) < 4.78 is 0. The van der Waals surface area contributed by atoms with Gasteiger partial charge in [0.05, 0.1) is 5.54 Å². The minimum atomic E-state index is 0.496. The molecule has 0 aromatic heterocycles. The van der Waals surface area contributed by atoms with Crippen LogP contribution in [0.3, 0.4) is 0 Å². The Morgan fingerprint density at radius 2 is 2.10 bits per heavy atom. The van der Waals surface area contributed by atoms with E-state index in [1.165, 1.54) is 51.5 Å². The van der Waals surface area contributed by atoms with Crippen molar-refractivity contribution in [3.8, 4) is 0 Å². The third-order valence-corrected chi connectivity index (χ3v) is 7.62. The van der Waals surface area contributed by atoms with Gasteiger partial charge in [0, 0.05) is 23.7 Å². The summed E-state index contributed by atoms with van der Waals surface area (Å²) >= 11 is 0. The zero-order chi connectivity index (χ0) is 13.8. The molecule has 1 aromatic carbocycles. The molecule has 6 rings (SSSR count). The fraction of sp³-hybridized carbons (Fsp3) is 0.684. The predicted octanol–water partition coefficient (Wildman–Crippen LogP) is 3.10. The van der Waals surface area contributed by atoms with E-state index in [0.29, 0.717) is 11.0 Å². The van der Waals surface area contributed by atoms with Crippen LogP contribution in [-0.4, -0.2) is 23.0 Å². The maximum atomic E-state index is 6.15. The largest absolute Gasteiger partial charge is 0.399 e. The molecule has 5 atom stereocenters. The van der Waals surface area contributed by atoms with E-state index in [4.69, 9.17) is 5.73 Å². The number of nitrogen functional groups attached to an aromatic ring is 1. The van der Waals surface area contributed by atoms with E-state index in [1.54, 1.807) is 11.1 Å². The van der Waals surface area contributed by atoms with E-state index in [0.717, 1.165) is 23.6 Å². The number of nitrogens with zero attached hydrogens (tertiary/aromatic N) is 1. The molecule has 3 saturated carbocycles. The minimum absolute atomic E-state index is 0.496. The molecular weight excluding hydrogens is 256 g/mol. The van der Waals surface area contributed by atoms with Crippen molar-refractivity contribution < 1.29 is 0 Å². The quantitative estimate of drug-likeness (QED) is 0.666. The monoisotopic (exact) mass is 280 g/mol. The number of hydrogen-bond acceptors (Lipinski definition) is 2. The third kappa shape index (κ3) is 1.09. The molecule has 3 unspecified atom stereocenters. The normalized spacial score (nSPS) is 48.7. The summed E-state index contributed by atoms with van der Waals surface area (Å²) in [6, 6.07) is 7.72. The number of hydrogen-bond donors (Lipinski definition) is 1. The molecule has 1 saturated heterocycles. The molecule has 4 aliphatic carbocycles. The second-order valence-corrected chi connectivity index (χ2v) is 8.38. The molecule has 0 bridgehead atoms. The summed E-state index contributed by atoms with van der Waals surface area (Å²) in [7, 11) is 0. The summed E-state index contributed by atoms with van der Waals surface area (Å²) in [6.45, 7) is 1.40. The van der Waals surface area contributed by atoms with Crippen molar-refractivity contribution in [2.45, 2.75) is 61.9 Å². The lowest BCUT2D eigenvalue weighted by Crippen LogP contribution is -2.60. The van der Waals surface area contributed by atoms with Gasteiger partial charge in [-0.25, -0.2) is 0 Å². The number of nitrogens with two attached hydrogens (primary N) is 1. The summed E-state index contributed by atoms with van der Waals surface area (Å²) in [6.07, 6.45) is 10.0. The maximum Gasteiger partial charge on any atom is 0.0511 e. The molecular formula is C19H24N2. The van der Waals surface area contributed by atoms with Gasteiger partial charge in [-0.1, -0.05) is 18.9 Å². The first kappa shape index (κ1) is 11.5. The van der Waals surface area contributed by atoms with Crippen LogP contribution in [0.25, 0.3) is 0 Å². The van der Waals surface area contributed by atoms with Crippen molar-refractivity contribution in [3.63, 3.8) is 0 Å². The first-order valence-corrected chi connectivity index (χ1v) is 8.93. The summed E-state index contributed by atoms with van der Waals surface area (Å²) in [5, 5.41) is 0. The van der Waals surface area contributed by atoms with Crippen LogP contribution in [0, 0.1) is 11.8 Å². The van der Waals surface area contributed by atoms with Gasteiger partial charge in [0.2, 0.25) is 0 Å². The van der Waals surface area contributed by atoms with E-state index in [1.807, 2.05) is 0 Å². The standard InChI is InChI=1S/C19H24N2/c20-14-7-6-13-10-19-17(21(19)11-12-4-5-12)15-3-1-2-8-18(15,19)16(13)9-14/h6-7,9,12,15,17H,1-5,8,10-11,20H2/t15-,17-,18?,19?,21?/m0/s1. The van der Waals surface area contributed by atoms with Gasteiger partial charge in [-0.3, -0.25) is 4.90 Å². The van der Waals surface area contributed by atoms with Gasteiger partial charge >= 0.3 is 0 Å². The van der Waals surface area contributed by atoms with Crippen molar-refractivity contribution in [3.05, 3.63) is 29.3 Å². The average Bonchev–Trinajstić information content (AvgIpc) is 3.35. The minimum Gasteiger partial charge on any atom is -0.399 e. The lowest BCUT2D eigenvalue weighted by Gasteiger charge is -2.54. The first-order chi connectivity index (χ1) is 10.3. The highest BCUT2D eigenvalue weighted by Crippen LogP contribution is 2.79. The second-order valence-electron chi connectivity index (χ2n) is 8.38. The van der Waals surface area contributed by atoms with Crippen LogP contribution >= 0.6 is 0 Å². The Hall–Kier alpha value is -1.02. The second kappa shape index (κ2) is 3.32. The van der Waals surface area contributed by atoms with Crippen molar-refractivity contribution in [1.82, 2.24) is 4.90 Å². The lowest BCUT2D eigenvalue weighted by atomic mass is 9.47. The molecule has 0 amide bonds. The molecule has 0 radical (unpaired) electrons. The first-order valence-electron chi connectivity index (χ1n) is 8.93. The van der Waals surface area contributed by atoms with Gasteiger partial charge in [0.1, 0.15) is 0 Å². The molecule has 2 spiro atoms. The molecule has 2 heteroatoms. The van der Waals surface area contributed by atoms with Gasteiger partial charge in [-0.2, -0.15) is 0 Å². The number of likely N-dealkylation sites (tertiary alicyclic amines) is 1. The zero-order valence-corrected chi connectivity index (χ0v) is 12.6. The Morgan fingerprint density at radius 1 is 1.19 bits per heavy atom. The lowest BCUT2D eigenvalue weighted by molar-refractivity contribution is 0.0681. The Kier molecular flexibility index (Phi) is 1.82.